The van der Waals surface area contributed by atoms with Crippen LogP contribution in [0.2, 0.25) is 0 Å². The van der Waals surface area contributed by atoms with Crippen molar-refractivity contribution in [1.82, 2.24) is 4.90 Å². The summed E-state index contributed by atoms with van der Waals surface area (Å²) >= 11 is 0. The summed E-state index contributed by atoms with van der Waals surface area (Å²) in [7, 11) is 3.07. The van der Waals surface area contributed by atoms with Gasteiger partial charge in [-0.05, 0) is 0 Å². The summed E-state index contributed by atoms with van der Waals surface area (Å²) in [6.45, 7) is -0.122. The van der Waals surface area contributed by atoms with Crippen LogP contribution in [0.25, 0.3) is 0 Å². The van der Waals surface area contributed by atoms with Crippen molar-refractivity contribution in [3.8, 4) is 0 Å². The van der Waals surface area contributed by atoms with Crippen LogP contribution in [0.4, 0.5) is 0 Å². The van der Waals surface area contributed by atoms with Gasteiger partial charge in [-0.2, -0.15) is 0 Å². The molecule has 0 aromatic heterocycles. The van der Waals surface area contributed by atoms with Crippen molar-refractivity contribution < 1.29 is 9.90 Å². The second-order valence-electron chi connectivity index (χ2n) is 1.83. The molecular formula is C5H11N3O2. The summed E-state index contributed by atoms with van der Waals surface area (Å²) in [5.74, 6) is -0.698. The van der Waals surface area contributed by atoms with E-state index in [1.165, 1.54) is 11.9 Å². The van der Waals surface area contributed by atoms with Crippen LogP contribution in [0.5, 0.6) is 0 Å². The van der Waals surface area contributed by atoms with Crippen LogP contribution in [-0.2, 0) is 4.79 Å². The van der Waals surface area contributed by atoms with Crippen molar-refractivity contribution in [2.24, 2.45) is 10.7 Å². The van der Waals surface area contributed by atoms with Crippen molar-refractivity contribution in [1.29, 1.82) is 0 Å². The molecule has 0 heterocycles. The van der Waals surface area contributed by atoms with Crippen LogP contribution in [0, 0.1) is 0 Å². The Morgan fingerprint density at radius 2 is 2.30 bits per heavy atom. The highest BCUT2D eigenvalue weighted by Crippen LogP contribution is 1.79. The van der Waals surface area contributed by atoms with E-state index in [0.717, 1.165) is 0 Å². The predicted octanol–water partition coefficient (Wildman–Crippen LogP) is -1.05. The quantitative estimate of drug-likeness (QED) is 0.384. The number of hydrogen-bond acceptors (Lipinski definition) is 2. The van der Waals surface area contributed by atoms with Crippen LogP contribution in [0.1, 0.15) is 0 Å². The number of carboxylic acid groups (broad SMARTS) is 1. The lowest BCUT2D eigenvalue weighted by molar-refractivity contribution is -0.137. The normalized spacial score (nSPS) is 11.2. The van der Waals surface area contributed by atoms with E-state index >= 15 is 0 Å². The lowest BCUT2D eigenvalue weighted by Crippen LogP contribution is -2.37. The molecule has 0 aliphatic heterocycles. The molecule has 0 rings (SSSR count). The van der Waals surface area contributed by atoms with E-state index in [4.69, 9.17) is 10.8 Å². The minimum atomic E-state index is -0.922. The molecule has 0 aromatic carbocycles. The van der Waals surface area contributed by atoms with Crippen molar-refractivity contribution in [3.63, 3.8) is 0 Å². The van der Waals surface area contributed by atoms with E-state index < -0.39 is 5.97 Å². The second-order valence-corrected chi connectivity index (χ2v) is 1.83. The molecule has 0 aliphatic carbocycles. The summed E-state index contributed by atoms with van der Waals surface area (Å²) in [4.78, 5) is 15.0. The van der Waals surface area contributed by atoms with Gasteiger partial charge < -0.3 is 15.7 Å². The molecule has 58 valence electrons. The molecule has 0 spiro atoms. The fourth-order valence-corrected chi connectivity index (χ4v) is 0.455. The van der Waals surface area contributed by atoms with Gasteiger partial charge in [-0.15, -0.1) is 0 Å². The molecule has 0 aliphatic rings. The maximum Gasteiger partial charge on any atom is 0.323 e. The highest BCUT2D eigenvalue weighted by molar-refractivity contribution is 5.82. The first-order chi connectivity index (χ1) is 4.57. The Labute approximate surface area is 59.1 Å². The third-order valence-corrected chi connectivity index (χ3v) is 0.993. The molecule has 5 nitrogen and oxygen atoms in total. The Bertz CT molecular complexity index is 155. The molecule has 0 fully saturated rings. The third kappa shape index (κ3) is 2.91. The van der Waals surface area contributed by atoms with Crippen LogP contribution in [0.3, 0.4) is 0 Å². The molecule has 0 amide bonds. The Kier molecular flexibility index (Phi) is 3.24. The number of aliphatic carboxylic acids is 1. The van der Waals surface area contributed by atoms with Gasteiger partial charge in [0.1, 0.15) is 6.54 Å². The van der Waals surface area contributed by atoms with Gasteiger partial charge in [0.15, 0.2) is 5.96 Å². The summed E-state index contributed by atoms with van der Waals surface area (Å²) in [6.07, 6.45) is 0. The zero-order valence-electron chi connectivity index (χ0n) is 6.03. The Hall–Kier alpha value is -1.26. The number of carboxylic acids is 1. The monoisotopic (exact) mass is 145 g/mol. The molecule has 0 bridgehead atoms. The van der Waals surface area contributed by atoms with Crippen molar-refractivity contribution >= 4 is 11.9 Å². The van der Waals surface area contributed by atoms with E-state index in [-0.39, 0.29) is 12.5 Å². The topological polar surface area (TPSA) is 78.9 Å². The van der Waals surface area contributed by atoms with Gasteiger partial charge in [-0.3, -0.25) is 9.79 Å². The molecule has 0 atom stereocenters. The standard InChI is InChI=1S/C5H11N3O2/c1-7-5(6)8(2)3-4(9)10/h3H2,1-2H3,(H2,6,7)(H,9,10). The predicted molar refractivity (Wildman–Crippen MR) is 37.8 cm³/mol. The molecule has 0 aromatic rings. The third-order valence-electron chi connectivity index (χ3n) is 0.993. The van der Waals surface area contributed by atoms with E-state index in [9.17, 15) is 4.79 Å². The van der Waals surface area contributed by atoms with Gasteiger partial charge in [0.25, 0.3) is 0 Å². The first kappa shape index (κ1) is 8.74. The van der Waals surface area contributed by atoms with E-state index in [1.807, 2.05) is 0 Å². The summed E-state index contributed by atoms with van der Waals surface area (Å²) < 4.78 is 0. The lowest BCUT2D eigenvalue weighted by Gasteiger charge is -2.13. The van der Waals surface area contributed by atoms with Crippen LogP contribution >= 0.6 is 0 Å². The number of nitrogens with zero attached hydrogens (tertiary/aromatic N) is 2. The van der Waals surface area contributed by atoms with Crippen molar-refractivity contribution in [2.75, 3.05) is 20.6 Å². The maximum atomic E-state index is 10.1. The van der Waals surface area contributed by atoms with Gasteiger partial charge in [-0.1, -0.05) is 0 Å². The minimum absolute atomic E-state index is 0.122. The fourth-order valence-electron chi connectivity index (χ4n) is 0.455. The van der Waals surface area contributed by atoms with E-state index in [0.29, 0.717) is 0 Å². The average Bonchev–Trinajstić information content (AvgIpc) is 1.85. The molecular weight excluding hydrogens is 134 g/mol. The largest absolute Gasteiger partial charge is 0.480 e. The number of likely N-dealkylation sites (N-methyl/N-ethyl adjacent to an activating group) is 1. The van der Waals surface area contributed by atoms with Crippen LogP contribution in [-0.4, -0.2) is 42.6 Å². The van der Waals surface area contributed by atoms with E-state index in [2.05, 4.69) is 4.99 Å². The molecule has 0 saturated carbocycles. The van der Waals surface area contributed by atoms with Crippen molar-refractivity contribution in [3.05, 3.63) is 0 Å². The Balaban J connectivity index is 3.85. The van der Waals surface area contributed by atoms with Gasteiger partial charge in [-0.25, -0.2) is 0 Å². The first-order valence-electron chi connectivity index (χ1n) is 2.73. The highest BCUT2D eigenvalue weighted by Gasteiger charge is 2.04. The zero-order valence-corrected chi connectivity index (χ0v) is 6.03. The molecule has 0 radical (unpaired) electrons. The molecule has 5 heteroatoms. The van der Waals surface area contributed by atoms with E-state index in [1.54, 1.807) is 7.05 Å². The molecule has 10 heavy (non-hydrogen) atoms. The fraction of sp³-hybridized carbons (Fsp3) is 0.600. The Morgan fingerprint density at radius 1 is 1.80 bits per heavy atom. The molecule has 0 saturated heterocycles. The van der Waals surface area contributed by atoms with Gasteiger partial charge in [0.2, 0.25) is 0 Å². The zero-order chi connectivity index (χ0) is 8.15. The summed E-state index contributed by atoms with van der Waals surface area (Å²) in [5, 5.41) is 8.28. The smallest absolute Gasteiger partial charge is 0.323 e. The van der Waals surface area contributed by atoms with Gasteiger partial charge in [0.05, 0.1) is 0 Å². The molecule has 3 N–H and O–H groups in total. The lowest BCUT2D eigenvalue weighted by atomic mass is 10.6. The number of aliphatic imine (C=N–C) groups is 1. The van der Waals surface area contributed by atoms with Crippen LogP contribution in [0.15, 0.2) is 4.99 Å². The van der Waals surface area contributed by atoms with Crippen LogP contribution < -0.4 is 5.73 Å². The summed E-state index contributed by atoms with van der Waals surface area (Å²) in [5.41, 5.74) is 5.28. The number of nitrogens with two attached hydrogens (primary N) is 1. The Morgan fingerprint density at radius 3 is 2.60 bits per heavy atom. The first-order valence-corrected chi connectivity index (χ1v) is 2.73. The second kappa shape index (κ2) is 3.71. The number of carbonyl (C=O) groups is 1. The highest BCUT2D eigenvalue weighted by atomic mass is 16.4. The average molecular weight is 145 g/mol. The summed E-state index contributed by atoms with van der Waals surface area (Å²) in [6, 6.07) is 0. The SMILES string of the molecule is CN=C(N)N(C)CC(=O)O. The van der Waals surface area contributed by atoms with Crippen molar-refractivity contribution in [2.45, 2.75) is 0 Å². The van der Waals surface area contributed by atoms with Gasteiger partial charge >= 0.3 is 5.97 Å². The number of guanidine groups is 1. The number of hydrogen-bond donors (Lipinski definition) is 2. The maximum absolute atomic E-state index is 10.1. The minimum Gasteiger partial charge on any atom is -0.480 e. The van der Waals surface area contributed by atoms with Gasteiger partial charge in [0, 0.05) is 14.1 Å². The number of rotatable bonds is 2. The molecule has 0 unspecified atom stereocenters.